The van der Waals surface area contributed by atoms with Crippen molar-refractivity contribution in [2.75, 3.05) is 0 Å². The van der Waals surface area contributed by atoms with E-state index in [0.29, 0.717) is 0 Å². The molecule has 0 N–H and O–H groups in total. The van der Waals surface area contributed by atoms with Crippen molar-refractivity contribution in [3.05, 3.63) is 125 Å². The van der Waals surface area contributed by atoms with Crippen LogP contribution in [0.25, 0.3) is 16.8 Å². The highest BCUT2D eigenvalue weighted by molar-refractivity contribution is 5.85. The van der Waals surface area contributed by atoms with Crippen molar-refractivity contribution < 1.29 is 0 Å². The normalized spacial score (nSPS) is 8.89. The summed E-state index contributed by atoms with van der Waals surface area (Å²) in [5, 5.41) is 2.68. The van der Waals surface area contributed by atoms with Gasteiger partial charge in [0.25, 0.3) is 0 Å². The highest BCUT2D eigenvalue weighted by Crippen LogP contribution is 2.20. The van der Waals surface area contributed by atoms with Gasteiger partial charge in [-0.05, 0) is 54.7 Å². The molecule has 0 saturated heterocycles. The molecule has 12 radical (unpaired) electrons. The Hall–Kier alpha value is -2.86. The van der Waals surface area contributed by atoms with E-state index < -0.39 is 0 Å². The predicted octanol–water partition coefficient (Wildman–Crippen LogP) is 8.09. The van der Waals surface area contributed by atoms with Crippen LogP contribution in [0, 0.1) is 20.8 Å². The third-order valence-electron chi connectivity index (χ3n) is 4.88. The van der Waals surface area contributed by atoms with Gasteiger partial charge >= 0.3 is 0 Å². The molecule has 0 fully saturated rings. The average Bonchev–Trinajstić information content (AvgIpc) is 3.18. The fourth-order valence-electron chi connectivity index (χ4n) is 3.29. The summed E-state index contributed by atoms with van der Waals surface area (Å²) < 4.78 is 0. The molecule has 5 rings (SSSR count). The second-order valence-electron chi connectivity index (χ2n) is 7.26. The first-order valence-electron chi connectivity index (χ1n) is 9.85. The minimum absolute atomic E-state index is 0. The molecule has 1 aliphatic carbocycles. The molecule has 4 aromatic rings. The molecule has 0 spiro atoms. The van der Waals surface area contributed by atoms with Gasteiger partial charge in [0.05, 0.1) is 0 Å². The fraction of sp³-hybridized carbons (Fsp3) is 0.226. The molecule has 4 aromatic carbocycles. The van der Waals surface area contributed by atoms with E-state index in [2.05, 4.69) is 106 Å². The molecule has 0 heterocycles. The summed E-state index contributed by atoms with van der Waals surface area (Å²) in [4.78, 5) is 0. The van der Waals surface area contributed by atoms with Crippen LogP contribution in [0.5, 0.6) is 0 Å². The molecular weight excluding hydrogens is 416 g/mol. The Bertz CT molecular complexity index is 1070. The van der Waals surface area contributed by atoms with Gasteiger partial charge in [0, 0.05) is 33.7 Å². The third kappa shape index (κ3) is 13.0. The summed E-state index contributed by atoms with van der Waals surface area (Å²) in [5.41, 5.74) is 6.89. The minimum atomic E-state index is 0. The molecule has 0 bridgehead atoms. The topological polar surface area (TPSA) is 0 Å². The summed E-state index contributed by atoms with van der Waals surface area (Å²) in [7, 11) is 0. The predicted molar refractivity (Wildman–Crippen MR) is 167 cm³/mol. The van der Waals surface area contributed by atoms with Crippen LogP contribution in [0.3, 0.4) is 0 Å². The van der Waals surface area contributed by atoms with Crippen molar-refractivity contribution in [1.29, 1.82) is 0 Å². The number of allylic oxidation sites excluding steroid dienone is 1. The number of fused-ring (bicyclic) bond motifs is 2. The lowest BCUT2D eigenvalue weighted by molar-refractivity contribution is 1.29. The first kappa shape index (κ1) is 42.3. The Balaban J connectivity index is -0.000000119. The monoisotopic (exact) mass is 456 g/mol. The summed E-state index contributed by atoms with van der Waals surface area (Å²) in [6.07, 6.45) is 5.53. The number of aryl methyl sites for hydroxylation is 3. The molecule has 0 unspecified atom stereocenters. The molecule has 176 valence electrons. The van der Waals surface area contributed by atoms with Crippen molar-refractivity contribution in [1.82, 2.24) is 0 Å². The zero-order valence-corrected chi connectivity index (χ0v) is 19.3. The number of hydrogen-bond donors (Lipinski definition) is 0. The lowest BCUT2D eigenvalue weighted by Crippen LogP contribution is -1.81. The van der Waals surface area contributed by atoms with Crippen LogP contribution < -0.4 is 0 Å². The molecule has 0 atom stereocenters. The highest BCUT2D eigenvalue weighted by Gasteiger charge is 2.02. The van der Waals surface area contributed by atoms with Crippen molar-refractivity contribution in [2.45, 2.75) is 49.5 Å². The molecule has 4 heteroatoms. The van der Waals surface area contributed by atoms with E-state index in [-0.39, 0.29) is 55.9 Å². The number of rotatable bonds is 0. The van der Waals surface area contributed by atoms with E-state index in [4.69, 9.17) is 0 Å². The largest absolute Gasteiger partial charge is 0.0795 e. The molecule has 0 nitrogen and oxygen atoms in total. The van der Waals surface area contributed by atoms with Crippen LogP contribution in [0.1, 0.15) is 50.1 Å². The van der Waals surface area contributed by atoms with Gasteiger partial charge in [0.15, 0.2) is 0 Å². The molecular formula is C31H40B4. The SMILES string of the molecule is C.C.C.Cc1ccc2c(c1)C=CC2.Cc1cccc2ccccc12.Cc1ccccc1.[B].[B].[B].[B]. The number of benzene rings is 4. The maximum atomic E-state index is 2.23. The van der Waals surface area contributed by atoms with Crippen molar-refractivity contribution >= 4 is 50.5 Å². The Morgan fingerprint density at radius 1 is 0.543 bits per heavy atom. The Kier molecular flexibility index (Phi) is 26.2. The Morgan fingerprint density at radius 3 is 1.69 bits per heavy atom. The van der Waals surface area contributed by atoms with Gasteiger partial charge in [-0.1, -0.05) is 137 Å². The van der Waals surface area contributed by atoms with Gasteiger partial charge in [-0.3, -0.25) is 0 Å². The van der Waals surface area contributed by atoms with E-state index in [0.717, 1.165) is 6.42 Å². The first-order chi connectivity index (χ1) is 13.6. The van der Waals surface area contributed by atoms with Crippen LogP contribution in [-0.2, 0) is 6.42 Å². The molecule has 0 aliphatic heterocycles. The maximum absolute atomic E-state index is 2.23. The van der Waals surface area contributed by atoms with E-state index in [1.54, 1.807) is 0 Å². The molecule has 35 heavy (non-hydrogen) atoms. The van der Waals surface area contributed by atoms with Crippen molar-refractivity contribution in [2.24, 2.45) is 0 Å². The van der Waals surface area contributed by atoms with Gasteiger partial charge < -0.3 is 0 Å². The summed E-state index contributed by atoms with van der Waals surface area (Å²) in [6.45, 7) is 6.36. The fourth-order valence-corrected chi connectivity index (χ4v) is 3.29. The van der Waals surface area contributed by atoms with Crippen LogP contribution in [-0.4, -0.2) is 33.7 Å². The zero-order chi connectivity index (χ0) is 19.8. The number of hydrogen-bond acceptors (Lipinski definition) is 0. The quantitative estimate of drug-likeness (QED) is 0.235. The zero-order valence-electron chi connectivity index (χ0n) is 19.3. The lowest BCUT2D eigenvalue weighted by atomic mass is 10.1. The van der Waals surface area contributed by atoms with Crippen LogP contribution in [0.4, 0.5) is 0 Å². The summed E-state index contributed by atoms with van der Waals surface area (Å²) in [6, 6.07) is 31.7. The molecule has 1 aliphatic rings. The minimum Gasteiger partial charge on any atom is -0.0795 e. The maximum Gasteiger partial charge on any atom is 0 e. The average molecular weight is 456 g/mol. The molecule has 0 saturated carbocycles. The highest BCUT2D eigenvalue weighted by atomic mass is 14.1. The van der Waals surface area contributed by atoms with Crippen molar-refractivity contribution in [3.8, 4) is 0 Å². The van der Waals surface area contributed by atoms with Gasteiger partial charge in [0.2, 0.25) is 0 Å². The summed E-state index contributed by atoms with van der Waals surface area (Å²) >= 11 is 0. The van der Waals surface area contributed by atoms with Crippen LogP contribution >= 0.6 is 0 Å². The second-order valence-corrected chi connectivity index (χ2v) is 7.26. The van der Waals surface area contributed by atoms with E-state index >= 15 is 0 Å². The second kappa shape index (κ2) is 21.7. The first-order valence-corrected chi connectivity index (χ1v) is 9.85. The summed E-state index contributed by atoms with van der Waals surface area (Å²) in [5.74, 6) is 0. The standard InChI is InChI=1S/C11H10.C10H10.C7H8.3CH4.4B/c1-9-5-4-7-10-6-2-3-8-11(9)10;1-8-5-6-9-3-2-4-10(9)7-8;1-7-5-3-2-4-6-7;;;;;;;/h2-8H,1H3;2,4-7H,3H2,1H3;2-6H,1H3;3*1H4;;;;. The van der Waals surface area contributed by atoms with Gasteiger partial charge in [0.1, 0.15) is 0 Å². The van der Waals surface area contributed by atoms with Gasteiger partial charge in [-0.25, -0.2) is 0 Å². The molecule has 0 amide bonds. The lowest BCUT2D eigenvalue weighted by Gasteiger charge is -1.98. The van der Waals surface area contributed by atoms with E-state index in [1.165, 1.54) is 38.6 Å². The molecule has 0 aromatic heterocycles. The van der Waals surface area contributed by atoms with E-state index in [9.17, 15) is 0 Å². The Labute approximate surface area is 224 Å². The van der Waals surface area contributed by atoms with Gasteiger partial charge in [-0.15, -0.1) is 0 Å². The Morgan fingerprint density at radius 2 is 1.11 bits per heavy atom. The third-order valence-corrected chi connectivity index (χ3v) is 4.88. The van der Waals surface area contributed by atoms with Crippen LogP contribution in [0.15, 0.2) is 97.1 Å². The van der Waals surface area contributed by atoms with Gasteiger partial charge in [-0.2, -0.15) is 0 Å². The van der Waals surface area contributed by atoms with Crippen LogP contribution in [0.2, 0.25) is 0 Å². The van der Waals surface area contributed by atoms with Crippen molar-refractivity contribution in [3.63, 3.8) is 0 Å². The smallest absolute Gasteiger partial charge is 0 e. The van der Waals surface area contributed by atoms with E-state index in [1.807, 2.05) is 18.2 Å².